The molecule has 2 aromatic rings. The Balaban J connectivity index is 2.34. The molecule has 152 valence electrons. The lowest BCUT2D eigenvalue weighted by molar-refractivity contribution is -0.133. The number of halogens is 1. The molecular formula is C21H29ClN4O2. The van der Waals surface area contributed by atoms with Gasteiger partial charge in [-0.3, -0.25) is 9.59 Å². The van der Waals surface area contributed by atoms with Gasteiger partial charge in [0.15, 0.2) is 0 Å². The molecule has 2 amide bonds. The van der Waals surface area contributed by atoms with Gasteiger partial charge in [-0.15, -0.1) is 11.6 Å². The second-order valence-electron chi connectivity index (χ2n) is 7.88. The first-order valence-corrected chi connectivity index (χ1v) is 9.87. The molecule has 1 atom stereocenters. The van der Waals surface area contributed by atoms with Gasteiger partial charge in [-0.05, 0) is 32.4 Å². The minimum atomic E-state index is -0.669. The minimum absolute atomic E-state index is 0.0593. The number of aromatic nitrogens is 2. The fraction of sp³-hybridized carbons (Fsp3) is 0.476. The van der Waals surface area contributed by atoms with Crippen molar-refractivity contribution >= 4 is 29.2 Å². The maximum Gasteiger partial charge on any atom is 0.245 e. The zero-order valence-electron chi connectivity index (χ0n) is 17.4. The van der Waals surface area contributed by atoms with Crippen LogP contribution in [0, 0.1) is 6.92 Å². The maximum atomic E-state index is 12.6. The first-order valence-electron chi connectivity index (χ1n) is 9.43. The van der Waals surface area contributed by atoms with Crippen LogP contribution in [-0.4, -0.2) is 45.0 Å². The summed E-state index contributed by atoms with van der Waals surface area (Å²) < 4.78 is 1.75. The summed E-state index contributed by atoms with van der Waals surface area (Å²) in [4.78, 5) is 26.2. The summed E-state index contributed by atoms with van der Waals surface area (Å²) in [5.74, 6) is 0.0245. The van der Waals surface area contributed by atoms with Crippen molar-refractivity contribution in [3.05, 3.63) is 41.6 Å². The fourth-order valence-electron chi connectivity index (χ4n) is 2.77. The predicted molar refractivity (Wildman–Crippen MR) is 113 cm³/mol. The van der Waals surface area contributed by atoms with Gasteiger partial charge in [0.1, 0.15) is 11.2 Å². The minimum Gasteiger partial charge on any atom is -0.332 e. The molecule has 0 spiro atoms. The molecule has 0 fully saturated rings. The van der Waals surface area contributed by atoms with Crippen LogP contribution in [0.15, 0.2) is 30.3 Å². The lowest BCUT2D eigenvalue weighted by Crippen LogP contribution is -2.41. The predicted octanol–water partition coefficient (Wildman–Crippen LogP) is 3.89. The average Bonchev–Trinajstić information content (AvgIpc) is 3.03. The molecule has 0 radical (unpaired) electrons. The molecule has 0 unspecified atom stereocenters. The van der Waals surface area contributed by atoms with E-state index >= 15 is 0 Å². The summed E-state index contributed by atoms with van der Waals surface area (Å²) in [6.45, 7) is 12.0. The molecule has 1 aromatic heterocycles. The van der Waals surface area contributed by atoms with Gasteiger partial charge in [-0.2, -0.15) is 5.10 Å². The highest BCUT2D eigenvalue weighted by Crippen LogP contribution is 2.27. The normalized spacial score (nSPS) is 12.5. The summed E-state index contributed by atoms with van der Waals surface area (Å²) in [6, 6.07) is 9.74. The molecule has 1 N–H and O–H groups in total. The van der Waals surface area contributed by atoms with E-state index in [-0.39, 0.29) is 23.8 Å². The van der Waals surface area contributed by atoms with Gasteiger partial charge >= 0.3 is 0 Å². The Morgan fingerprint density at radius 3 is 2.46 bits per heavy atom. The van der Waals surface area contributed by atoms with Gasteiger partial charge in [-0.1, -0.05) is 39.0 Å². The van der Waals surface area contributed by atoms with E-state index in [4.69, 9.17) is 16.7 Å². The number of hydrogen-bond donors (Lipinski definition) is 1. The third-order valence-electron chi connectivity index (χ3n) is 4.46. The van der Waals surface area contributed by atoms with Crippen molar-refractivity contribution < 1.29 is 9.59 Å². The number of benzene rings is 1. The topological polar surface area (TPSA) is 67.2 Å². The molecular weight excluding hydrogens is 376 g/mol. The maximum absolute atomic E-state index is 12.6. The largest absolute Gasteiger partial charge is 0.332 e. The van der Waals surface area contributed by atoms with E-state index in [1.54, 1.807) is 11.6 Å². The number of carbonyl (C=O) groups is 2. The fourth-order valence-corrected chi connectivity index (χ4v) is 2.91. The van der Waals surface area contributed by atoms with Gasteiger partial charge in [0.2, 0.25) is 11.8 Å². The molecule has 0 aliphatic heterocycles. The van der Waals surface area contributed by atoms with E-state index in [0.29, 0.717) is 12.4 Å². The number of likely N-dealkylation sites (N-methyl/N-ethyl adjacent to an activating group) is 1. The highest BCUT2D eigenvalue weighted by atomic mass is 35.5. The summed E-state index contributed by atoms with van der Waals surface area (Å²) in [7, 11) is 0. The number of para-hydroxylation sites is 1. The van der Waals surface area contributed by atoms with Crippen molar-refractivity contribution in [3.63, 3.8) is 0 Å². The van der Waals surface area contributed by atoms with Crippen LogP contribution in [-0.2, 0) is 15.0 Å². The van der Waals surface area contributed by atoms with Gasteiger partial charge < -0.3 is 10.2 Å². The number of amides is 2. The van der Waals surface area contributed by atoms with Crippen LogP contribution in [0.4, 0.5) is 5.82 Å². The molecule has 28 heavy (non-hydrogen) atoms. The molecule has 0 aliphatic rings. The van der Waals surface area contributed by atoms with Crippen LogP contribution < -0.4 is 5.32 Å². The molecule has 1 aromatic carbocycles. The number of alkyl halides is 1. The number of nitrogens with one attached hydrogen (secondary N) is 1. The average molecular weight is 405 g/mol. The van der Waals surface area contributed by atoms with E-state index < -0.39 is 5.38 Å². The Morgan fingerprint density at radius 2 is 1.93 bits per heavy atom. The quantitative estimate of drug-likeness (QED) is 0.742. The molecule has 0 aliphatic carbocycles. The Kier molecular flexibility index (Phi) is 6.88. The molecule has 0 saturated heterocycles. The summed E-state index contributed by atoms with van der Waals surface area (Å²) >= 11 is 5.88. The van der Waals surface area contributed by atoms with Crippen LogP contribution in [0.5, 0.6) is 0 Å². The first kappa shape index (κ1) is 22.0. The van der Waals surface area contributed by atoms with Crippen molar-refractivity contribution in [2.75, 3.05) is 18.4 Å². The zero-order chi connectivity index (χ0) is 21.1. The van der Waals surface area contributed by atoms with E-state index in [9.17, 15) is 9.59 Å². The smallest absolute Gasteiger partial charge is 0.245 e. The van der Waals surface area contributed by atoms with Crippen LogP contribution in [0.3, 0.4) is 0 Å². The molecule has 0 bridgehead atoms. The monoisotopic (exact) mass is 404 g/mol. The summed E-state index contributed by atoms with van der Waals surface area (Å²) in [5.41, 5.74) is 2.63. The number of nitrogens with zero attached hydrogens (tertiary/aromatic N) is 3. The van der Waals surface area contributed by atoms with Gasteiger partial charge in [0.05, 0.1) is 17.9 Å². The van der Waals surface area contributed by atoms with Crippen molar-refractivity contribution in [1.29, 1.82) is 0 Å². The summed E-state index contributed by atoms with van der Waals surface area (Å²) in [5, 5.41) is 6.97. The van der Waals surface area contributed by atoms with E-state index in [1.165, 1.54) is 4.90 Å². The van der Waals surface area contributed by atoms with Crippen molar-refractivity contribution in [2.24, 2.45) is 0 Å². The lowest BCUT2D eigenvalue weighted by Gasteiger charge is -2.21. The molecule has 0 saturated carbocycles. The van der Waals surface area contributed by atoms with E-state index in [0.717, 1.165) is 16.9 Å². The van der Waals surface area contributed by atoms with Crippen molar-refractivity contribution in [2.45, 2.75) is 52.3 Å². The number of anilines is 1. The second-order valence-corrected chi connectivity index (χ2v) is 8.53. The first-order chi connectivity index (χ1) is 13.0. The van der Waals surface area contributed by atoms with Gasteiger partial charge in [0.25, 0.3) is 0 Å². The van der Waals surface area contributed by atoms with Crippen molar-refractivity contribution in [3.8, 4) is 5.69 Å². The summed E-state index contributed by atoms with van der Waals surface area (Å²) in [6.07, 6.45) is 0. The third kappa shape index (κ3) is 5.13. The van der Waals surface area contributed by atoms with Crippen LogP contribution in [0.2, 0.25) is 0 Å². The number of rotatable bonds is 6. The van der Waals surface area contributed by atoms with E-state index in [1.807, 2.05) is 44.2 Å². The number of carbonyl (C=O) groups excluding carboxylic acids is 2. The van der Waals surface area contributed by atoms with Gasteiger partial charge in [0, 0.05) is 18.0 Å². The number of hydrogen-bond acceptors (Lipinski definition) is 3. The van der Waals surface area contributed by atoms with E-state index in [2.05, 4.69) is 26.1 Å². The molecule has 2 rings (SSSR count). The Labute approximate surface area is 171 Å². The zero-order valence-corrected chi connectivity index (χ0v) is 18.2. The molecule has 7 heteroatoms. The van der Waals surface area contributed by atoms with Crippen molar-refractivity contribution in [1.82, 2.24) is 14.7 Å². The third-order valence-corrected chi connectivity index (χ3v) is 4.64. The Hall–Kier alpha value is -2.34. The van der Waals surface area contributed by atoms with Gasteiger partial charge in [-0.25, -0.2) is 4.68 Å². The Bertz CT molecular complexity index is 852. The van der Waals surface area contributed by atoms with Crippen LogP contribution in [0.1, 0.15) is 45.9 Å². The highest BCUT2D eigenvalue weighted by Gasteiger charge is 2.24. The van der Waals surface area contributed by atoms with Crippen LogP contribution in [0.25, 0.3) is 5.69 Å². The number of aryl methyl sites for hydroxylation is 1. The standard InChI is InChI=1S/C21H29ClN4O2/c1-7-25(20(28)15(3)22)13-19(27)23-18-12-17(21(4,5)6)24-26(18)16-11-9-8-10-14(16)2/h8-12,15H,7,13H2,1-6H3,(H,23,27)/t15-/m1/s1. The lowest BCUT2D eigenvalue weighted by atomic mass is 9.92. The Morgan fingerprint density at radius 1 is 1.29 bits per heavy atom. The highest BCUT2D eigenvalue weighted by molar-refractivity contribution is 6.30. The second kappa shape index (κ2) is 8.78. The molecule has 6 nitrogen and oxygen atoms in total. The SMILES string of the molecule is CCN(CC(=O)Nc1cc(C(C)(C)C)nn1-c1ccccc1C)C(=O)[C@@H](C)Cl. The van der Waals surface area contributed by atoms with Crippen LogP contribution >= 0.6 is 11.6 Å². The molecule has 1 heterocycles.